The van der Waals surface area contributed by atoms with Crippen molar-refractivity contribution in [1.29, 1.82) is 0 Å². The Morgan fingerprint density at radius 1 is 1.21 bits per heavy atom. The molecule has 0 unspecified atom stereocenters. The molecule has 0 saturated heterocycles. The summed E-state index contributed by atoms with van der Waals surface area (Å²) in [5.41, 5.74) is 7.06. The van der Waals surface area contributed by atoms with Gasteiger partial charge < -0.3 is 10.5 Å². The molecule has 19 heavy (non-hydrogen) atoms. The molecule has 2 rings (SSSR count). The van der Waals surface area contributed by atoms with Gasteiger partial charge >= 0.3 is 6.36 Å². The Hall–Kier alpha value is -2.08. The van der Waals surface area contributed by atoms with Crippen molar-refractivity contribution in [3.63, 3.8) is 0 Å². The molecule has 0 aliphatic carbocycles. The van der Waals surface area contributed by atoms with E-state index in [2.05, 4.69) is 9.72 Å². The van der Waals surface area contributed by atoms with Gasteiger partial charge in [0.25, 0.3) is 0 Å². The van der Waals surface area contributed by atoms with Gasteiger partial charge in [0.05, 0.1) is 0 Å². The molecule has 0 amide bonds. The fourth-order valence-corrected chi connectivity index (χ4v) is 1.67. The molecule has 0 radical (unpaired) electrons. The van der Waals surface area contributed by atoms with Crippen molar-refractivity contribution in [1.82, 2.24) is 4.98 Å². The van der Waals surface area contributed by atoms with E-state index in [4.69, 9.17) is 5.73 Å². The number of benzene rings is 1. The lowest BCUT2D eigenvalue weighted by Gasteiger charge is -2.14. The molecule has 0 fully saturated rings. The lowest BCUT2D eigenvalue weighted by Crippen LogP contribution is -2.17. The number of nitrogens with two attached hydrogens (primary N) is 1. The molecular formula is C13H11F3N2O. The average Bonchev–Trinajstić information content (AvgIpc) is 2.38. The third kappa shape index (κ3) is 3.45. The van der Waals surface area contributed by atoms with Crippen molar-refractivity contribution in [3.05, 3.63) is 48.3 Å². The summed E-state index contributed by atoms with van der Waals surface area (Å²) in [6.45, 7) is 0.236. The number of pyridine rings is 1. The summed E-state index contributed by atoms with van der Waals surface area (Å²) < 4.78 is 41.1. The van der Waals surface area contributed by atoms with Gasteiger partial charge in [0.2, 0.25) is 0 Å². The molecule has 1 aromatic heterocycles. The van der Waals surface area contributed by atoms with Gasteiger partial charge in [-0.2, -0.15) is 0 Å². The van der Waals surface area contributed by atoms with Gasteiger partial charge in [0, 0.05) is 30.1 Å². The van der Waals surface area contributed by atoms with E-state index >= 15 is 0 Å². The maximum atomic E-state index is 12.4. The summed E-state index contributed by atoms with van der Waals surface area (Å²) in [5, 5.41) is 0. The van der Waals surface area contributed by atoms with Crippen molar-refractivity contribution < 1.29 is 17.9 Å². The Bertz CT molecular complexity index is 556. The predicted octanol–water partition coefficient (Wildman–Crippen LogP) is 3.11. The van der Waals surface area contributed by atoms with Crippen LogP contribution in [0.5, 0.6) is 5.75 Å². The largest absolute Gasteiger partial charge is 0.573 e. The summed E-state index contributed by atoms with van der Waals surface area (Å²) >= 11 is 0. The Morgan fingerprint density at radius 2 is 2.00 bits per heavy atom. The minimum atomic E-state index is -4.73. The first kappa shape index (κ1) is 13.4. The fraction of sp³-hybridized carbons (Fsp3) is 0.154. The van der Waals surface area contributed by atoms with Crippen LogP contribution in [0.3, 0.4) is 0 Å². The van der Waals surface area contributed by atoms with Gasteiger partial charge in [-0.05, 0) is 23.8 Å². The highest BCUT2D eigenvalue weighted by atomic mass is 19.4. The number of hydrogen-bond donors (Lipinski definition) is 1. The molecule has 0 spiro atoms. The molecule has 0 aliphatic heterocycles. The third-order valence-corrected chi connectivity index (χ3v) is 2.48. The molecular weight excluding hydrogens is 257 g/mol. The van der Waals surface area contributed by atoms with Crippen LogP contribution in [0.1, 0.15) is 5.56 Å². The fourth-order valence-electron chi connectivity index (χ4n) is 1.67. The first-order valence-electron chi connectivity index (χ1n) is 5.49. The number of ether oxygens (including phenoxy) is 1. The van der Waals surface area contributed by atoms with E-state index in [9.17, 15) is 13.2 Å². The summed E-state index contributed by atoms with van der Waals surface area (Å²) in [6, 6.07) is 7.63. The Balaban J connectivity index is 2.49. The minimum Gasteiger partial charge on any atom is -0.405 e. The van der Waals surface area contributed by atoms with Gasteiger partial charge in [-0.1, -0.05) is 12.1 Å². The van der Waals surface area contributed by atoms with Crippen LogP contribution in [0.2, 0.25) is 0 Å². The van der Waals surface area contributed by atoms with E-state index in [0.29, 0.717) is 16.7 Å². The lowest BCUT2D eigenvalue weighted by atomic mass is 10.0. The quantitative estimate of drug-likeness (QED) is 0.930. The minimum absolute atomic E-state index is 0.236. The third-order valence-electron chi connectivity index (χ3n) is 2.48. The molecule has 0 atom stereocenters. The standard InChI is InChI=1S/C13H11F3N2O/c14-13(15,16)19-12-4-3-9(7-17)6-11(12)10-2-1-5-18-8-10/h1-6,8H,7,17H2. The molecule has 1 aromatic carbocycles. The number of aromatic nitrogens is 1. The van der Waals surface area contributed by atoms with Crippen molar-refractivity contribution in [2.24, 2.45) is 5.73 Å². The Labute approximate surface area is 107 Å². The average molecular weight is 268 g/mol. The second kappa shape index (κ2) is 5.27. The second-order valence-corrected chi connectivity index (χ2v) is 3.82. The zero-order valence-corrected chi connectivity index (χ0v) is 9.82. The van der Waals surface area contributed by atoms with Crippen molar-refractivity contribution in [2.45, 2.75) is 12.9 Å². The topological polar surface area (TPSA) is 48.1 Å². The van der Waals surface area contributed by atoms with E-state index in [1.807, 2.05) is 0 Å². The summed E-state index contributed by atoms with van der Waals surface area (Å²) in [6.07, 6.45) is -1.72. The highest BCUT2D eigenvalue weighted by Gasteiger charge is 2.32. The van der Waals surface area contributed by atoms with E-state index in [0.717, 1.165) is 0 Å². The van der Waals surface area contributed by atoms with Crippen molar-refractivity contribution >= 4 is 0 Å². The molecule has 0 saturated carbocycles. The van der Waals surface area contributed by atoms with E-state index in [-0.39, 0.29) is 12.3 Å². The number of halogens is 3. The predicted molar refractivity (Wildman–Crippen MR) is 64.2 cm³/mol. The SMILES string of the molecule is NCc1ccc(OC(F)(F)F)c(-c2cccnc2)c1. The highest BCUT2D eigenvalue weighted by molar-refractivity contribution is 5.70. The second-order valence-electron chi connectivity index (χ2n) is 3.82. The normalized spacial score (nSPS) is 11.4. The molecule has 0 aliphatic rings. The molecule has 6 heteroatoms. The zero-order valence-electron chi connectivity index (χ0n) is 9.82. The number of alkyl halides is 3. The van der Waals surface area contributed by atoms with Crippen LogP contribution in [-0.2, 0) is 6.54 Å². The van der Waals surface area contributed by atoms with Crippen LogP contribution >= 0.6 is 0 Å². The first-order chi connectivity index (χ1) is 8.99. The molecule has 1 heterocycles. The Morgan fingerprint density at radius 3 is 2.58 bits per heavy atom. The summed E-state index contributed by atoms with van der Waals surface area (Å²) in [4.78, 5) is 3.89. The van der Waals surface area contributed by atoms with Crippen LogP contribution in [-0.4, -0.2) is 11.3 Å². The van der Waals surface area contributed by atoms with E-state index in [1.54, 1.807) is 24.4 Å². The van der Waals surface area contributed by atoms with Crippen LogP contribution in [0.25, 0.3) is 11.1 Å². The number of hydrogen-bond acceptors (Lipinski definition) is 3. The van der Waals surface area contributed by atoms with Crippen LogP contribution in [0, 0.1) is 0 Å². The molecule has 3 nitrogen and oxygen atoms in total. The summed E-state index contributed by atoms with van der Waals surface area (Å²) in [5.74, 6) is -0.266. The smallest absolute Gasteiger partial charge is 0.405 e. The molecule has 2 N–H and O–H groups in total. The van der Waals surface area contributed by atoms with Gasteiger partial charge in [0.15, 0.2) is 0 Å². The van der Waals surface area contributed by atoms with Gasteiger partial charge in [-0.25, -0.2) is 0 Å². The van der Waals surface area contributed by atoms with E-state index in [1.165, 1.54) is 18.3 Å². The van der Waals surface area contributed by atoms with Crippen LogP contribution < -0.4 is 10.5 Å². The molecule has 100 valence electrons. The van der Waals surface area contributed by atoms with Gasteiger partial charge in [0.1, 0.15) is 5.75 Å². The number of nitrogens with zero attached hydrogens (tertiary/aromatic N) is 1. The maximum Gasteiger partial charge on any atom is 0.573 e. The van der Waals surface area contributed by atoms with E-state index < -0.39 is 6.36 Å². The monoisotopic (exact) mass is 268 g/mol. The molecule has 0 bridgehead atoms. The van der Waals surface area contributed by atoms with Crippen molar-refractivity contribution in [2.75, 3.05) is 0 Å². The van der Waals surface area contributed by atoms with Gasteiger partial charge in [-0.3, -0.25) is 4.98 Å². The van der Waals surface area contributed by atoms with Crippen LogP contribution in [0.4, 0.5) is 13.2 Å². The molecule has 2 aromatic rings. The van der Waals surface area contributed by atoms with Gasteiger partial charge in [-0.15, -0.1) is 13.2 Å². The Kier molecular flexibility index (Phi) is 3.71. The number of rotatable bonds is 3. The first-order valence-corrected chi connectivity index (χ1v) is 5.49. The summed E-state index contributed by atoms with van der Waals surface area (Å²) in [7, 11) is 0. The van der Waals surface area contributed by atoms with Crippen molar-refractivity contribution in [3.8, 4) is 16.9 Å². The maximum absolute atomic E-state index is 12.4. The lowest BCUT2D eigenvalue weighted by molar-refractivity contribution is -0.274. The van der Waals surface area contributed by atoms with Crippen LogP contribution in [0.15, 0.2) is 42.7 Å². The highest BCUT2D eigenvalue weighted by Crippen LogP contribution is 2.34. The zero-order chi connectivity index (χ0) is 13.9.